The molecule has 0 aliphatic rings. The minimum absolute atomic E-state index is 0.112. The standard InChI is InChI=1S/C22H19N3O3S2/c26-21(24-22-23-12-13-29-22)20(14-16-6-2-1-3-7-16)25-30(27,28)19-11-10-17-8-4-5-9-18(17)15-19/h1-13,15,20,25H,14H2,(H,23,24,26). The van der Waals surface area contributed by atoms with Gasteiger partial charge >= 0.3 is 0 Å². The Balaban J connectivity index is 1.62. The third kappa shape index (κ3) is 4.73. The molecule has 1 aromatic heterocycles. The van der Waals surface area contributed by atoms with Gasteiger partial charge in [0.05, 0.1) is 4.90 Å². The number of nitrogens with zero attached hydrogens (tertiary/aromatic N) is 1. The van der Waals surface area contributed by atoms with Gasteiger partial charge in [-0.05, 0) is 34.9 Å². The van der Waals surface area contributed by atoms with E-state index in [1.807, 2.05) is 54.6 Å². The minimum Gasteiger partial charge on any atom is -0.301 e. The predicted octanol–water partition coefficient (Wildman–Crippen LogP) is 3.82. The average Bonchev–Trinajstić information content (AvgIpc) is 3.26. The Morgan fingerprint density at radius 3 is 2.43 bits per heavy atom. The van der Waals surface area contributed by atoms with Crippen LogP contribution < -0.4 is 10.0 Å². The fraction of sp³-hybridized carbons (Fsp3) is 0.0909. The normalized spacial score (nSPS) is 12.5. The molecule has 4 rings (SSSR count). The Bertz CT molecular complexity index is 1260. The molecule has 0 spiro atoms. The summed E-state index contributed by atoms with van der Waals surface area (Å²) in [4.78, 5) is 17.0. The van der Waals surface area contributed by atoms with Gasteiger partial charge in [-0.3, -0.25) is 4.79 Å². The maximum atomic E-state index is 13.1. The van der Waals surface area contributed by atoms with Gasteiger partial charge in [0.2, 0.25) is 15.9 Å². The molecule has 3 aromatic carbocycles. The first-order valence-corrected chi connectivity index (χ1v) is 11.6. The highest BCUT2D eigenvalue weighted by molar-refractivity contribution is 7.89. The second-order valence-electron chi connectivity index (χ2n) is 6.70. The van der Waals surface area contributed by atoms with Gasteiger partial charge in [0, 0.05) is 11.6 Å². The van der Waals surface area contributed by atoms with Crippen molar-refractivity contribution in [2.45, 2.75) is 17.4 Å². The third-order valence-corrected chi connectivity index (χ3v) is 6.75. The number of thiazole rings is 1. The number of hydrogen-bond donors (Lipinski definition) is 2. The van der Waals surface area contributed by atoms with Crippen molar-refractivity contribution in [2.75, 3.05) is 5.32 Å². The van der Waals surface area contributed by atoms with E-state index in [-0.39, 0.29) is 11.3 Å². The quantitative estimate of drug-likeness (QED) is 0.460. The lowest BCUT2D eigenvalue weighted by atomic mass is 10.1. The lowest BCUT2D eigenvalue weighted by molar-refractivity contribution is -0.117. The first-order valence-electron chi connectivity index (χ1n) is 9.27. The largest absolute Gasteiger partial charge is 0.301 e. The Kier molecular flexibility index (Phi) is 5.89. The number of amides is 1. The molecule has 0 saturated carbocycles. The molecule has 30 heavy (non-hydrogen) atoms. The summed E-state index contributed by atoms with van der Waals surface area (Å²) in [5, 5.41) is 6.60. The van der Waals surface area contributed by atoms with E-state index in [1.165, 1.54) is 11.3 Å². The first-order chi connectivity index (χ1) is 14.5. The van der Waals surface area contributed by atoms with Crippen molar-refractivity contribution in [3.8, 4) is 0 Å². The van der Waals surface area contributed by atoms with Crippen LogP contribution in [0.2, 0.25) is 0 Å². The van der Waals surface area contributed by atoms with E-state index < -0.39 is 22.0 Å². The van der Waals surface area contributed by atoms with Crippen molar-refractivity contribution in [2.24, 2.45) is 0 Å². The van der Waals surface area contributed by atoms with Gasteiger partial charge in [0.15, 0.2) is 5.13 Å². The van der Waals surface area contributed by atoms with Crippen LogP contribution in [-0.2, 0) is 21.2 Å². The van der Waals surface area contributed by atoms with Crippen LogP contribution >= 0.6 is 11.3 Å². The second-order valence-corrected chi connectivity index (χ2v) is 9.31. The molecule has 1 amide bonds. The van der Waals surface area contributed by atoms with Crippen molar-refractivity contribution < 1.29 is 13.2 Å². The van der Waals surface area contributed by atoms with Gasteiger partial charge in [-0.25, -0.2) is 13.4 Å². The third-order valence-electron chi connectivity index (χ3n) is 4.59. The summed E-state index contributed by atoms with van der Waals surface area (Å²) in [7, 11) is -3.92. The van der Waals surface area contributed by atoms with Gasteiger partial charge in [-0.2, -0.15) is 4.72 Å². The van der Waals surface area contributed by atoms with Crippen molar-refractivity contribution in [3.63, 3.8) is 0 Å². The summed E-state index contributed by atoms with van der Waals surface area (Å²) in [5.41, 5.74) is 0.845. The van der Waals surface area contributed by atoms with Crippen molar-refractivity contribution >= 4 is 43.2 Å². The molecule has 0 aliphatic carbocycles. The van der Waals surface area contributed by atoms with Crippen LogP contribution in [0.5, 0.6) is 0 Å². The van der Waals surface area contributed by atoms with Gasteiger partial charge in [0.25, 0.3) is 0 Å². The molecule has 2 N–H and O–H groups in total. The molecule has 0 fully saturated rings. The number of hydrogen-bond acceptors (Lipinski definition) is 5. The van der Waals surface area contributed by atoms with E-state index in [2.05, 4.69) is 15.0 Å². The summed E-state index contributed by atoms with van der Waals surface area (Å²) in [6, 6.07) is 20.7. The zero-order valence-electron chi connectivity index (χ0n) is 15.9. The predicted molar refractivity (Wildman–Crippen MR) is 119 cm³/mol. The molecule has 8 heteroatoms. The van der Waals surface area contributed by atoms with Crippen LogP contribution in [-0.4, -0.2) is 25.4 Å². The summed E-state index contributed by atoms with van der Waals surface area (Å²) in [5.74, 6) is -0.460. The minimum atomic E-state index is -3.92. The molecule has 1 unspecified atom stereocenters. The molecule has 1 atom stereocenters. The monoisotopic (exact) mass is 437 g/mol. The Morgan fingerprint density at radius 1 is 0.967 bits per heavy atom. The highest BCUT2D eigenvalue weighted by atomic mass is 32.2. The Hall–Kier alpha value is -3.07. The number of sulfonamides is 1. The number of benzene rings is 3. The molecule has 0 bridgehead atoms. The Labute approximate surface area is 178 Å². The average molecular weight is 438 g/mol. The number of carbonyl (C=O) groups excluding carboxylic acids is 1. The van der Waals surface area contributed by atoms with Gasteiger partial charge in [-0.15, -0.1) is 11.3 Å². The summed E-state index contributed by atoms with van der Waals surface area (Å²) < 4.78 is 28.7. The number of aromatic nitrogens is 1. The van der Waals surface area contributed by atoms with E-state index in [0.717, 1.165) is 16.3 Å². The Morgan fingerprint density at radius 2 is 1.70 bits per heavy atom. The van der Waals surface area contributed by atoms with Crippen molar-refractivity contribution in [3.05, 3.63) is 89.9 Å². The maximum Gasteiger partial charge on any atom is 0.244 e. The van der Waals surface area contributed by atoms with E-state index in [9.17, 15) is 13.2 Å². The van der Waals surface area contributed by atoms with E-state index >= 15 is 0 Å². The van der Waals surface area contributed by atoms with Crippen LogP contribution in [0.25, 0.3) is 10.8 Å². The van der Waals surface area contributed by atoms with Crippen LogP contribution in [0.1, 0.15) is 5.56 Å². The molecule has 152 valence electrons. The highest BCUT2D eigenvalue weighted by Crippen LogP contribution is 2.20. The van der Waals surface area contributed by atoms with E-state index in [0.29, 0.717) is 5.13 Å². The SMILES string of the molecule is O=C(Nc1nccs1)C(Cc1ccccc1)NS(=O)(=O)c1ccc2ccccc2c1. The maximum absolute atomic E-state index is 13.1. The molecule has 0 saturated heterocycles. The van der Waals surface area contributed by atoms with Crippen molar-refractivity contribution in [1.29, 1.82) is 0 Å². The highest BCUT2D eigenvalue weighted by Gasteiger charge is 2.27. The molecular weight excluding hydrogens is 418 g/mol. The lowest BCUT2D eigenvalue weighted by Crippen LogP contribution is -2.45. The molecule has 6 nitrogen and oxygen atoms in total. The number of fused-ring (bicyclic) bond motifs is 1. The smallest absolute Gasteiger partial charge is 0.244 e. The van der Waals surface area contributed by atoms with Gasteiger partial charge < -0.3 is 5.32 Å². The van der Waals surface area contributed by atoms with Crippen molar-refractivity contribution in [1.82, 2.24) is 9.71 Å². The van der Waals surface area contributed by atoms with Gasteiger partial charge in [-0.1, -0.05) is 60.7 Å². The number of anilines is 1. The van der Waals surface area contributed by atoms with Crippen LogP contribution in [0.4, 0.5) is 5.13 Å². The van der Waals surface area contributed by atoms with Crippen LogP contribution in [0, 0.1) is 0 Å². The van der Waals surface area contributed by atoms with Crippen LogP contribution in [0.3, 0.4) is 0 Å². The second kappa shape index (κ2) is 8.74. The summed E-state index contributed by atoms with van der Waals surface area (Å²) in [6.45, 7) is 0. The number of rotatable bonds is 7. The molecule has 1 heterocycles. The molecule has 0 radical (unpaired) electrons. The fourth-order valence-electron chi connectivity index (χ4n) is 3.11. The fourth-order valence-corrected chi connectivity index (χ4v) is 4.87. The summed E-state index contributed by atoms with van der Waals surface area (Å²) in [6.07, 6.45) is 1.79. The zero-order chi connectivity index (χ0) is 21.0. The van der Waals surface area contributed by atoms with E-state index in [4.69, 9.17) is 0 Å². The summed E-state index contributed by atoms with van der Waals surface area (Å²) >= 11 is 1.27. The van der Waals surface area contributed by atoms with Crippen LogP contribution in [0.15, 0.2) is 89.3 Å². The molecule has 0 aliphatic heterocycles. The molecule has 4 aromatic rings. The lowest BCUT2D eigenvalue weighted by Gasteiger charge is -2.18. The zero-order valence-corrected chi connectivity index (χ0v) is 17.5. The number of carbonyl (C=O) groups is 1. The molecular formula is C22H19N3O3S2. The number of nitrogens with one attached hydrogen (secondary N) is 2. The van der Waals surface area contributed by atoms with Gasteiger partial charge in [0.1, 0.15) is 6.04 Å². The van der Waals surface area contributed by atoms with E-state index in [1.54, 1.807) is 29.8 Å². The topological polar surface area (TPSA) is 88.2 Å². The first kappa shape index (κ1) is 20.2.